The van der Waals surface area contributed by atoms with Gasteiger partial charge in [-0.05, 0) is 114 Å². The molecule has 0 aromatic heterocycles. The minimum absolute atomic E-state index is 0.0606. The highest BCUT2D eigenvalue weighted by Crippen LogP contribution is 2.69. The molecule has 0 unspecified atom stereocenters. The molecule has 0 radical (unpaired) electrons. The van der Waals surface area contributed by atoms with Crippen molar-refractivity contribution < 1.29 is 9.53 Å². The van der Waals surface area contributed by atoms with Gasteiger partial charge >= 0.3 is 5.97 Å². The van der Waals surface area contributed by atoms with Gasteiger partial charge in [0.2, 0.25) is 0 Å². The zero-order chi connectivity index (χ0) is 24.7. The summed E-state index contributed by atoms with van der Waals surface area (Å²) in [6, 6.07) is 0. The Morgan fingerprint density at radius 1 is 1.03 bits per heavy atom. The van der Waals surface area contributed by atoms with Crippen LogP contribution in [-0.2, 0) is 9.53 Å². The van der Waals surface area contributed by atoms with Crippen LogP contribution in [0, 0.1) is 52.3 Å². The maximum Gasteiger partial charge on any atom is 0.334 e. The number of ether oxygens (including phenoxy) is 1. The summed E-state index contributed by atoms with van der Waals surface area (Å²) in [4.78, 5) is 14.2. The summed E-state index contributed by atoms with van der Waals surface area (Å²) in [6.07, 6.45) is 14.8. The number of carbonyl (C=O) groups is 1. The number of thioether (sulfide) groups is 1. The molecule has 3 fully saturated rings. The van der Waals surface area contributed by atoms with Gasteiger partial charge in [0.15, 0.2) is 0 Å². The Balaban J connectivity index is 1.53. The van der Waals surface area contributed by atoms with Crippen molar-refractivity contribution in [3.05, 3.63) is 10.5 Å². The summed E-state index contributed by atoms with van der Waals surface area (Å²) in [7, 11) is 1.56. The Kier molecular flexibility index (Phi) is 8.22. The van der Waals surface area contributed by atoms with Crippen LogP contribution in [0.1, 0.15) is 112 Å². The third kappa shape index (κ3) is 4.66. The number of carbonyl (C=O) groups excluding carboxylic acids is 1. The number of esters is 1. The SMILES string of the molecule is CCSC1=C(C(=O)OC)C[C@@]2(C)[C@@H](CC[C@@H]3[C@@H]2CC[C@]2(C)[C@@H]([C@H](C)CCCC(C)C)CC[C@@H]32)C1. The van der Waals surface area contributed by atoms with Gasteiger partial charge in [-0.3, -0.25) is 0 Å². The van der Waals surface area contributed by atoms with Crippen LogP contribution in [0.3, 0.4) is 0 Å². The first kappa shape index (κ1) is 26.6. The molecular formula is C31H52O2S. The smallest absolute Gasteiger partial charge is 0.334 e. The van der Waals surface area contributed by atoms with Crippen molar-refractivity contribution in [3.63, 3.8) is 0 Å². The van der Waals surface area contributed by atoms with Crippen molar-refractivity contribution in [1.29, 1.82) is 0 Å². The molecule has 2 nitrogen and oxygen atoms in total. The standard InChI is InChI=1S/C31H52O2S/c1-8-34-28-18-22-12-13-23-26-15-14-25(21(4)11-9-10-20(2)3)30(26,5)17-16-27(23)31(22,6)19-24(28)29(32)33-7/h20-23,25-27H,8-19H2,1-7H3/t21-,22+,23+,25-,26+,27+,30-,31+/m1/s1. The summed E-state index contributed by atoms with van der Waals surface area (Å²) in [6.45, 7) is 14.8. The van der Waals surface area contributed by atoms with Gasteiger partial charge in [0.1, 0.15) is 0 Å². The van der Waals surface area contributed by atoms with E-state index in [1.165, 1.54) is 62.7 Å². The zero-order valence-electron chi connectivity index (χ0n) is 23.3. The minimum Gasteiger partial charge on any atom is -0.466 e. The zero-order valence-corrected chi connectivity index (χ0v) is 24.1. The van der Waals surface area contributed by atoms with Crippen molar-refractivity contribution in [1.82, 2.24) is 0 Å². The molecular weight excluding hydrogens is 436 g/mol. The third-order valence-corrected chi connectivity index (χ3v) is 12.4. The van der Waals surface area contributed by atoms with Crippen molar-refractivity contribution in [3.8, 4) is 0 Å². The Morgan fingerprint density at radius 3 is 2.44 bits per heavy atom. The van der Waals surface area contributed by atoms with E-state index in [1.54, 1.807) is 7.11 Å². The van der Waals surface area contributed by atoms with Gasteiger partial charge in [0, 0.05) is 5.57 Å². The lowest BCUT2D eigenvalue weighted by molar-refractivity contribution is -0.139. The molecule has 4 aliphatic rings. The summed E-state index contributed by atoms with van der Waals surface area (Å²) in [5.74, 6) is 6.90. The summed E-state index contributed by atoms with van der Waals surface area (Å²) >= 11 is 1.89. The van der Waals surface area contributed by atoms with Crippen LogP contribution in [-0.4, -0.2) is 18.8 Å². The molecule has 194 valence electrons. The topological polar surface area (TPSA) is 26.3 Å². The fraction of sp³-hybridized carbons (Fsp3) is 0.903. The summed E-state index contributed by atoms with van der Waals surface area (Å²) in [5, 5.41) is 0. The summed E-state index contributed by atoms with van der Waals surface area (Å²) < 4.78 is 5.29. The predicted molar refractivity (Wildman–Crippen MR) is 146 cm³/mol. The van der Waals surface area contributed by atoms with Gasteiger partial charge in [-0.15, -0.1) is 11.8 Å². The molecule has 0 bridgehead atoms. The normalized spacial score (nSPS) is 40.5. The van der Waals surface area contributed by atoms with Crippen LogP contribution in [0.2, 0.25) is 0 Å². The van der Waals surface area contributed by atoms with E-state index >= 15 is 0 Å². The van der Waals surface area contributed by atoms with E-state index in [0.29, 0.717) is 5.41 Å². The van der Waals surface area contributed by atoms with Crippen LogP contribution in [0.15, 0.2) is 10.5 Å². The Labute approximate surface area is 214 Å². The van der Waals surface area contributed by atoms with Gasteiger partial charge in [0.05, 0.1) is 7.11 Å². The maximum atomic E-state index is 12.8. The van der Waals surface area contributed by atoms with E-state index in [9.17, 15) is 4.79 Å². The van der Waals surface area contributed by atoms with E-state index in [-0.39, 0.29) is 11.4 Å². The number of hydrogen-bond acceptors (Lipinski definition) is 3. The highest BCUT2D eigenvalue weighted by Gasteiger charge is 2.60. The first-order valence-electron chi connectivity index (χ1n) is 14.6. The van der Waals surface area contributed by atoms with Gasteiger partial charge < -0.3 is 4.74 Å². The number of allylic oxidation sites excluding steroid dienone is 1. The van der Waals surface area contributed by atoms with Crippen molar-refractivity contribution in [2.45, 2.75) is 112 Å². The number of rotatable bonds is 8. The Hall–Kier alpha value is -0.440. The van der Waals surface area contributed by atoms with Gasteiger partial charge in [-0.25, -0.2) is 4.79 Å². The molecule has 0 amide bonds. The van der Waals surface area contributed by atoms with Crippen LogP contribution >= 0.6 is 11.8 Å². The molecule has 0 aliphatic heterocycles. The van der Waals surface area contributed by atoms with Crippen molar-refractivity contribution >= 4 is 17.7 Å². The highest BCUT2D eigenvalue weighted by atomic mass is 32.2. The molecule has 0 saturated heterocycles. The molecule has 8 atom stereocenters. The quantitative estimate of drug-likeness (QED) is 0.319. The van der Waals surface area contributed by atoms with E-state index < -0.39 is 0 Å². The van der Waals surface area contributed by atoms with Gasteiger partial charge in [0.25, 0.3) is 0 Å². The molecule has 0 aromatic carbocycles. The average Bonchev–Trinajstić information content (AvgIpc) is 3.15. The van der Waals surface area contributed by atoms with Crippen molar-refractivity contribution in [2.75, 3.05) is 12.9 Å². The molecule has 34 heavy (non-hydrogen) atoms. The molecule has 3 heteroatoms. The fourth-order valence-electron chi connectivity index (χ4n) is 9.63. The summed E-state index contributed by atoms with van der Waals surface area (Å²) in [5.41, 5.74) is 1.83. The number of hydrogen-bond donors (Lipinski definition) is 0. The minimum atomic E-state index is -0.0606. The second-order valence-corrected chi connectivity index (χ2v) is 14.8. The molecule has 4 aliphatic carbocycles. The van der Waals surface area contributed by atoms with E-state index in [0.717, 1.165) is 65.6 Å². The first-order chi connectivity index (χ1) is 16.2. The predicted octanol–water partition coefficient (Wildman–Crippen LogP) is 8.90. The lowest BCUT2D eigenvalue weighted by atomic mass is 9.44. The van der Waals surface area contributed by atoms with E-state index in [1.807, 2.05) is 11.8 Å². The van der Waals surface area contributed by atoms with E-state index in [2.05, 4.69) is 41.5 Å². The molecule has 3 saturated carbocycles. The maximum absolute atomic E-state index is 12.8. The largest absolute Gasteiger partial charge is 0.466 e. The monoisotopic (exact) mass is 488 g/mol. The highest BCUT2D eigenvalue weighted by molar-refractivity contribution is 8.03. The van der Waals surface area contributed by atoms with Crippen molar-refractivity contribution in [2.24, 2.45) is 52.3 Å². The number of fused-ring (bicyclic) bond motifs is 5. The fourth-order valence-corrected chi connectivity index (χ4v) is 10.6. The van der Waals surface area contributed by atoms with Crippen LogP contribution in [0.4, 0.5) is 0 Å². The first-order valence-corrected chi connectivity index (χ1v) is 15.6. The second-order valence-electron chi connectivity index (χ2n) is 13.4. The van der Waals surface area contributed by atoms with Crippen LogP contribution in [0.5, 0.6) is 0 Å². The van der Waals surface area contributed by atoms with E-state index in [4.69, 9.17) is 4.74 Å². The molecule has 0 spiro atoms. The lowest BCUT2D eigenvalue weighted by Crippen LogP contribution is -2.53. The molecule has 0 aromatic rings. The lowest BCUT2D eigenvalue weighted by Gasteiger charge is -2.61. The second kappa shape index (κ2) is 10.5. The number of methoxy groups -OCH3 is 1. The van der Waals surface area contributed by atoms with Crippen LogP contribution in [0.25, 0.3) is 0 Å². The third-order valence-electron chi connectivity index (χ3n) is 11.3. The molecule has 0 heterocycles. The van der Waals surface area contributed by atoms with Crippen LogP contribution < -0.4 is 0 Å². The average molecular weight is 489 g/mol. The van der Waals surface area contributed by atoms with Gasteiger partial charge in [-0.1, -0.05) is 60.8 Å². The van der Waals surface area contributed by atoms with Gasteiger partial charge in [-0.2, -0.15) is 0 Å². The Bertz CT molecular complexity index is 771. The molecule has 0 N–H and O–H groups in total. The Morgan fingerprint density at radius 2 is 1.76 bits per heavy atom. The molecule has 4 rings (SSSR count).